The molecule has 0 N–H and O–H groups in total. The third-order valence-corrected chi connectivity index (χ3v) is 2.82. The van der Waals surface area contributed by atoms with E-state index in [1.807, 2.05) is 18.2 Å². The van der Waals surface area contributed by atoms with Crippen LogP contribution >= 0.6 is 0 Å². The molecular weight excluding hydrogens is 252 g/mol. The largest absolute Gasteiger partial charge is 0.241 e. The first-order chi connectivity index (χ1) is 9.76. The zero-order chi connectivity index (χ0) is 14.1. The van der Waals surface area contributed by atoms with Crippen molar-refractivity contribution in [2.24, 2.45) is 0 Å². The van der Waals surface area contributed by atoms with Crippen LogP contribution in [0.1, 0.15) is 16.7 Å². The Bertz CT molecular complexity index is 985. The van der Waals surface area contributed by atoms with E-state index in [0.29, 0.717) is 33.3 Å². The van der Waals surface area contributed by atoms with E-state index in [9.17, 15) is 5.26 Å². The molecule has 6 nitrogen and oxygen atoms in total. The molecule has 0 atom stereocenters. The van der Waals surface area contributed by atoms with Crippen LogP contribution in [0, 0.1) is 34.0 Å². The molecule has 0 bridgehead atoms. The van der Waals surface area contributed by atoms with Gasteiger partial charge in [-0.3, -0.25) is 0 Å². The Hall–Kier alpha value is -3.56. The van der Waals surface area contributed by atoms with E-state index in [0.717, 1.165) is 0 Å². The van der Waals surface area contributed by atoms with Crippen LogP contribution in [0.15, 0.2) is 24.4 Å². The van der Waals surface area contributed by atoms with Gasteiger partial charge >= 0.3 is 0 Å². The molecule has 2 heterocycles. The minimum absolute atomic E-state index is 0.248. The molecule has 90 valence electrons. The zero-order valence-corrected chi connectivity index (χ0v) is 9.99. The number of nitriles is 3. The first kappa shape index (κ1) is 11.5. The Labute approximate surface area is 113 Å². The minimum atomic E-state index is 0.248. The molecular formula is C14H4N6. The third kappa shape index (κ3) is 1.59. The Morgan fingerprint density at radius 3 is 2.35 bits per heavy atom. The molecule has 0 unspecified atom stereocenters. The lowest BCUT2D eigenvalue weighted by molar-refractivity contribution is 1.34. The summed E-state index contributed by atoms with van der Waals surface area (Å²) in [6, 6.07) is 10.6. The Kier molecular flexibility index (Phi) is 2.46. The molecule has 0 aliphatic carbocycles. The van der Waals surface area contributed by atoms with Crippen LogP contribution in [0.3, 0.4) is 0 Å². The van der Waals surface area contributed by atoms with E-state index in [-0.39, 0.29) is 5.56 Å². The first-order valence-corrected chi connectivity index (χ1v) is 5.57. The molecule has 0 fully saturated rings. The SMILES string of the molecule is N#Cc1ccc2nc3c(C#N)cnc3nc2c(C#N)c1. The van der Waals surface area contributed by atoms with Gasteiger partial charge in [0.15, 0.2) is 5.65 Å². The normalized spacial score (nSPS) is 9.85. The molecule has 0 spiro atoms. The van der Waals surface area contributed by atoms with Crippen molar-refractivity contribution in [3.8, 4) is 18.2 Å². The minimum Gasteiger partial charge on any atom is -0.241 e. The molecule has 0 saturated carbocycles. The monoisotopic (exact) mass is 256 g/mol. The van der Waals surface area contributed by atoms with Crippen LogP contribution < -0.4 is 0 Å². The van der Waals surface area contributed by atoms with E-state index in [1.54, 1.807) is 12.1 Å². The highest BCUT2D eigenvalue weighted by molar-refractivity contribution is 5.90. The van der Waals surface area contributed by atoms with Crippen LogP contribution in [-0.2, 0) is 0 Å². The highest BCUT2D eigenvalue weighted by Crippen LogP contribution is 2.20. The summed E-state index contributed by atoms with van der Waals surface area (Å²) in [6.07, 6.45) is 1.40. The lowest BCUT2D eigenvalue weighted by Gasteiger charge is -1.94. The summed E-state index contributed by atoms with van der Waals surface area (Å²) in [6.45, 7) is 0. The van der Waals surface area contributed by atoms with Gasteiger partial charge in [-0.15, -0.1) is 0 Å². The molecule has 1 aromatic carbocycles. The summed E-state index contributed by atoms with van der Waals surface area (Å²) >= 11 is 0. The quantitative estimate of drug-likeness (QED) is 0.606. The first-order valence-electron chi connectivity index (χ1n) is 5.57. The van der Waals surface area contributed by atoms with Gasteiger partial charge in [-0.1, -0.05) is 0 Å². The zero-order valence-electron chi connectivity index (χ0n) is 9.99. The smallest absolute Gasteiger partial charge is 0.180 e. The second kappa shape index (κ2) is 4.28. The molecule has 0 radical (unpaired) electrons. The summed E-state index contributed by atoms with van der Waals surface area (Å²) in [4.78, 5) is 12.6. The van der Waals surface area contributed by atoms with Gasteiger partial charge in [0.25, 0.3) is 0 Å². The summed E-state index contributed by atoms with van der Waals surface area (Å²) in [7, 11) is 0. The van der Waals surface area contributed by atoms with Gasteiger partial charge in [-0.05, 0) is 18.2 Å². The fourth-order valence-electron chi connectivity index (χ4n) is 1.89. The van der Waals surface area contributed by atoms with Gasteiger partial charge in [0.2, 0.25) is 0 Å². The fraction of sp³-hybridized carbons (Fsp3) is 0. The van der Waals surface area contributed by atoms with Crippen LogP contribution in [0.25, 0.3) is 22.2 Å². The predicted molar refractivity (Wildman–Crippen MR) is 69.0 cm³/mol. The van der Waals surface area contributed by atoms with Crippen molar-refractivity contribution in [1.82, 2.24) is 15.0 Å². The number of hydrogen-bond acceptors (Lipinski definition) is 6. The summed E-state index contributed by atoms with van der Waals surface area (Å²) in [5.41, 5.74) is 2.44. The average Bonchev–Trinajstić information content (AvgIpc) is 2.79. The maximum atomic E-state index is 9.19. The van der Waals surface area contributed by atoms with Crippen molar-refractivity contribution in [2.45, 2.75) is 0 Å². The van der Waals surface area contributed by atoms with E-state index >= 15 is 0 Å². The molecule has 0 saturated heterocycles. The number of fused-ring (bicyclic) bond motifs is 2. The van der Waals surface area contributed by atoms with Gasteiger partial charge in [-0.2, -0.15) is 15.8 Å². The summed E-state index contributed by atoms with van der Waals surface area (Å²) in [5.74, 6) is 0. The Balaban J connectivity index is 2.53. The molecule has 3 aromatic rings. The van der Waals surface area contributed by atoms with Crippen LogP contribution in [0.2, 0.25) is 0 Å². The second-order valence-corrected chi connectivity index (χ2v) is 3.98. The molecule has 0 amide bonds. The highest BCUT2D eigenvalue weighted by atomic mass is 14.9. The van der Waals surface area contributed by atoms with Crippen molar-refractivity contribution in [2.75, 3.05) is 0 Å². The van der Waals surface area contributed by atoms with Gasteiger partial charge in [0, 0.05) is 6.20 Å². The van der Waals surface area contributed by atoms with E-state index < -0.39 is 0 Å². The van der Waals surface area contributed by atoms with Crippen LogP contribution in [0.5, 0.6) is 0 Å². The number of rotatable bonds is 0. The summed E-state index contributed by atoms with van der Waals surface area (Å²) < 4.78 is 0. The van der Waals surface area contributed by atoms with E-state index in [4.69, 9.17) is 10.5 Å². The highest BCUT2D eigenvalue weighted by Gasteiger charge is 2.11. The van der Waals surface area contributed by atoms with Crippen molar-refractivity contribution in [1.29, 1.82) is 15.8 Å². The van der Waals surface area contributed by atoms with Crippen molar-refractivity contribution in [3.05, 3.63) is 41.1 Å². The lowest BCUT2D eigenvalue weighted by atomic mass is 10.2. The number of aromatic nitrogens is 3. The van der Waals surface area contributed by atoms with Crippen LogP contribution in [-0.4, -0.2) is 15.0 Å². The third-order valence-electron chi connectivity index (χ3n) is 2.82. The van der Waals surface area contributed by atoms with E-state index in [1.165, 1.54) is 12.3 Å². The predicted octanol–water partition coefficient (Wildman–Crippen LogP) is 1.79. The molecule has 3 rings (SSSR count). The van der Waals surface area contributed by atoms with Crippen molar-refractivity contribution in [3.63, 3.8) is 0 Å². The molecule has 0 aliphatic heterocycles. The molecule has 2 aromatic heterocycles. The molecule has 0 aliphatic rings. The van der Waals surface area contributed by atoms with Crippen molar-refractivity contribution >= 4 is 22.2 Å². The van der Waals surface area contributed by atoms with Gasteiger partial charge in [0.05, 0.1) is 28.3 Å². The van der Waals surface area contributed by atoms with Gasteiger partial charge in [0.1, 0.15) is 23.2 Å². The van der Waals surface area contributed by atoms with Crippen molar-refractivity contribution < 1.29 is 0 Å². The molecule has 6 heteroatoms. The number of hydrogen-bond donors (Lipinski definition) is 0. The standard InChI is InChI=1S/C14H4N6/c15-4-8-1-2-11-12(9(3-8)5-16)20-14-13(19-11)10(6-17)7-18-14/h1-3,7H. The lowest BCUT2D eigenvalue weighted by Crippen LogP contribution is -1.87. The van der Waals surface area contributed by atoms with E-state index in [2.05, 4.69) is 15.0 Å². The molecule has 20 heavy (non-hydrogen) atoms. The second-order valence-electron chi connectivity index (χ2n) is 3.98. The Morgan fingerprint density at radius 2 is 1.65 bits per heavy atom. The maximum absolute atomic E-state index is 9.19. The Morgan fingerprint density at radius 1 is 0.850 bits per heavy atom. The maximum Gasteiger partial charge on any atom is 0.180 e. The fourth-order valence-corrected chi connectivity index (χ4v) is 1.89. The average molecular weight is 256 g/mol. The van der Waals surface area contributed by atoms with Crippen LogP contribution in [0.4, 0.5) is 0 Å². The van der Waals surface area contributed by atoms with Gasteiger partial charge < -0.3 is 0 Å². The topological polar surface area (TPSA) is 110 Å². The summed E-state index contributed by atoms with van der Waals surface area (Å²) in [5, 5.41) is 27.1. The number of nitrogens with zero attached hydrogens (tertiary/aromatic N) is 6. The van der Waals surface area contributed by atoms with Gasteiger partial charge in [-0.25, -0.2) is 15.0 Å².